The first-order chi connectivity index (χ1) is 9.01. The van der Waals surface area contributed by atoms with Crippen molar-refractivity contribution in [3.63, 3.8) is 0 Å². The lowest BCUT2D eigenvalue weighted by Gasteiger charge is -2.21. The summed E-state index contributed by atoms with van der Waals surface area (Å²) in [5, 5.41) is 8.93. The molecule has 1 N–H and O–H groups in total. The normalized spacial score (nSPS) is 14.4. The summed E-state index contributed by atoms with van der Waals surface area (Å²) in [6.45, 7) is 2.93. The lowest BCUT2D eigenvalue weighted by atomic mass is 10.3. The van der Waals surface area contributed by atoms with Crippen LogP contribution < -0.4 is 0 Å². The monoisotopic (exact) mass is 328 g/mol. The molecule has 0 unspecified atom stereocenters. The lowest BCUT2D eigenvalue weighted by Crippen LogP contribution is -2.38. The van der Waals surface area contributed by atoms with E-state index in [1.165, 1.54) is 4.90 Å². The van der Waals surface area contributed by atoms with Crippen LogP contribution in [0, 0.1) is 5.92 Å². The fourth-order valence-electron chi connectivity index (χ4n) is 2.07. The highest BCUT2D eigenvalue weighted by atomic mass is 79.9. The number of halogens is 1. The standard InChI is InChI=1S/C13H17BrN2O3/c1-2-15-7-10(14)5-11(15)13(19)16(8-12(17)18)6-9-3-4-9/h5,7,9H,2-4,6,8H2,1H3,(H,17,18). The largest absolute Gasteiger partial charge is 0.480 e. The predicted octanol–water partition coefficient (Wildman–Crippen LogP) is 2.21. The molecule has 0 radical (unpaired) electrons. The molecule has 0 spiro atoms. The molecule has 1 aliphatic carbocycles. The molecule has 6 heteroatoms. The molecule has 1 amide bonds. The number of carboxylic acid groups (broad SMARTS) is 1. The van der Waals surface area contributed by atoms with Crippen LogP contribution in [-0.4, -0.2) is 39.5 Å². The lowest BCUT2D eigenvalue weighted by molar-refractivity contribution is -0.137. The third-order valence-corrected chi connectivity index (χ3v) is 3.65. The van der Waals surface area contributed by atoms with Crippen LogP contribution in [0.5, 0.6) is 0 Å². The molecule has 0 aliphatic heterocycles. The van der Waals surface area contributed by atoms with Crippen molar-refractivity contribution >= 4 is 27.8 Å². The number of amides is 1. The molecule has 0 aromatic carbocycles. The van der Waals surface area contributed by atoms with Gasteiger partial charge in [0.2, 0.25) is 0 Å². The van der Waals surface area contributed by atoms with Gasteiger partial charge in [0, 0.05) is 23.8 Å². The molecule has 0 saturated heterocycles. The van der Waals surface area contributed by atoms with E-state index in [0.29, 0.717) is 24.7 Å². The number of carbonyl (C=O) groups excluding carboxylic acids is 1. The summed E-state index contributed by atoms with van der Waals surface area (Å²) in [5.41, 5.74) is 0.538. The van der Waals surface area contributed by atoms with Crippen LogP contribution in [0.3, 0.4) is 0 Å². The summed E-state index contributed by atoms with van der Waals surface area (Å²) < 4.78 is 2.66. The first kappa shape index (κ1) is 14.1. The fraction of sp³-hybridized carbons (Fsp3) is 0.538. The third kappa shape index (κ3) is 3.59. The van der Waals surface area contributed by atoms with Crippen molar-refractivity contribution in [2.45, 2.75) is 26.3 Å². The molecule has 5 nitrogen and oxygen atoms in total. The molecule has 19 heavy (non-hydrogen) atoms. The van der Waals surface area contributed by atoms with Crippen LogP contribution in [0.15, 0.2) is 16.7 Å². The summed E-state index contributed by atoms with van der Waals surface area (Å²) in [7, 11) is 0. The maximum atomic E-state index is 12.5. The van der Waals surface area contributed by atoms with Crippen molar-refractivity contribution in [2.24, 2.45) is 5.92 Å². The van der Waals surface area contributed by atoms with E-state index in [2.05, 4.69) is 15.9 Å². The number of carbonyl (C=O) groups is 2. The van der Waals surface area contributed by atoms with Crippen LogP contribution in [0.4, 0.5) is 0 Å². The van der Waals surface area contributed by atoms with Crippen LogP contribution in [0.25, 0.3) is 0 Å². The van der Waals surface area contributed by atoms with E-state index in [4.69, 9.17) is 5.11 Å². The van der Waals surface area contributed by atoms with E-state index in [1.807, 2.05) is 17.7 Å². The third-order valence-electron chi connectivity index (χ3n) is 3.21. The average molecular weight is 329 g/mol. The number of aromatic nitrogens is 1. The van der Waals surface area contributed by atoms with Crippen molar-refractivity contribution in [1.29, 1.82) is 0 Å². The number of aryl methyl sites for hydroxylation is 1. The molecule has 1 heterocycles. The van der Waals surface area contributed by atoms with Gasteiger partial charge in [0.05, 0.1) is 0 Å². The number of nitrogens with zero attached hydrogens (tertiary/aromatic N) is 2. The molecule has 2 rings (SSSR count). The number of hydrogen-bond donors (Lipinski definition) is 1. The van der Waals surface area contributed by atoms with Crippen LogP contribution >= 0.6 is 15.9 Å². The molecule has 1 aromatic heterocycles. The average Bonchev–Trinajstić information content (AvgIpc) is 3.07. The van der Waals surface area contributed by atoms with Crippen LogP contribution in [0.1, 0.15) is 30.3 Å². The minimum absolute atomic E-state index is 0.207. The highest BCUT2D eigenvalue weighted by molar-refractivity contribution is 9.10. The van der Waals surface area contributed by atoms with Crippen molar-refractivity contribution in [2.75, 3.05) is 13.1 Å². The SMILES string of the molecule is CCn1cc(Br)cc1C(=O)N(CC(=O)O)CC1CC1. The highest BCUT2D eigenvalue weighted by Crippen LogP contribution is 2.30. The Bertz CT molecular complexity index is 494. The summed E-state index contributed by atoms with van der Waals surface area (Å²) >= 11 is 3.35. The van der Waals surface area contributed by atoms with E-state index in [0.717, 1.165) is 17.3 Å². The van der Waals surface area contributed by atoms with Gasteiger partial charge in [-0.25, -0.2) is 0 Å². The smallest absolute Gasteiger partial charge is 0.323 e. The summed E-state index contributed by atoms with van der Waals surface area (Å²) in [4.78, 5) is 24.8. The first-order valence-corrected chi connectivity index (χ1v) is 7.17. The number of hydrogen-bond acceptors (Lipinski definition) is 2. The topological polar surface area (TPSA) is 62.5 Å². The Morgan fingerprint density at radius 1 is 1.53 bits per heavy atom. The van der Waals surface area contributed by atoms with Gasteiger partial charge in [0.25, 0.3) is 5.91 Å². The van der Waals surface area contributed by atoms with Crippen LogP contribution in [0.2, 0.25) is 0 Å². The maximum absolute atomic E-state index is 12.5. The first-order valence-electron chi connectivity index (χ1n) is 6.38. The molecule has 1 aromatic rings. The van der Waals surface area contributed by atoms with E-state index >= 15 is 0 Å². The van der Waals surface area contributed by atoms with Gasteiger partial charge in [0.1, 0.15) is 12.2 Å². The summed E-state index contributed by atoms with van der Waals surface area (Å²) in [5.74, 6) is -0.707. The molecular formula is C13H17BrN2O3. The van der Waals surface area contributed by atoms with E-state index in [1.54, 1.807) is 6.07 Å². The zero-order valence-corrected chi connectivity index (χ0v) is 12.4. The summed E-state index contributed by atoms with van der Waals surface area (Å²) in [6.07, 6.45) is 4.01. The van der Waals surface area contributed by atoms with Crippen molar-refractivity contribution < 1.29 is 14.7 Å². The zero-order valence-electron chi connectivity index (χ0n) is 10.8. The molecule has 1 aliphatic rings. The van der Waals surface area contributed by atoms with Crippen molar-refractivity contribution in [1.82, 2.24) is 9.47 Å². The summed E-state index contributed by atoms with van der Waals surface area (Å²) in [6, 6.07) is 1.74. The van der Waals surface area contributed by atoms with E-state index < -0.39 is 5.97 Å². The Balaban J connectivity index is 2.18. The quantitative estimate of drug-likeness (QED) is 0.870. The Kier molecular flexibility index (Phi) is 4.29. The molecule has 1 fully saturated rings. The second-order valence-electron chi connectivity index (χ2n) is 4.85. The minimum atomic E-state index is -0.970. The predicted molar refractivity (Wildman–Crippen MR) is 74.1 cm³/mol. The van der Waals surface area contributed by atoms with Gasteiger partial charge in [-0.1, -0.05) is 0 Å². The molecule has 0 atom stereocenters. The van der Waals surface area contributed by atoms with Gasteiger partial charge >= 0.3 is 5.97 Å². The fourth-order valence-corrected chi connectivity index (χ4v) is 2.54. The van der Waals surface area contributed by atoms with Gasteiger partial charge < -0.3 is 14.6 Å². The maximum Gasteiger partial charge on any atom is 0.323 e. The molecular weight excluding hydrogens is 312 g/mol. The van der Waals surface area contributed by atoms with Gasteiger partial charge in [-0.2, -0.15) is 0 Å². The molecule has 104 valence electrons. The van der Waals surface area contributed by atoms with Crippen molar-refractivity contribution in [3.8, 4) is 0 Å². The van der Waals surface area contributed by atoms with Gasteiger partial charge in [-0.3, -0.25) is 9.59 Å². The Labute approximate surface area is 120 Å². The second kappa shape index (κ2) is 5.77. The van der Waals surface area contributed by atoms with E-state index in [-0.39, 0.29) is 12.5 Å². The van der Waals surface area contributed by atoms with Gasteiger partial charge in [-0.15, -0.1) is 0 Å². The minimum Gasteiger partial charge on any atom is -0.480 e. The molecule has 0 bridgehead atoms. The van der Waals surface area contributed by atoms with Gasteiger partial charge in [-0.05, 0) is 47.7 Å². The van der Waals surface area contributed by atoms with Crippen LogP contribution in [-0.2, 0) is 11.3 Å². The highest BCUT2D eigenvalue weighted by Gasteiger charge is 2.29. The van der Waals surface area contributed by atoms with Crippen molar-refractivity contribution in [3.05, 3.63) is 22.4 Å². The van der Waals surface area contributed by atoms with E-state index in [9.17, 15) is 9.59 Å². The Morgan fingerprint density at radius 3 is 2.74 bits per heavy atom. The Morgan fingerprint density at radius 2 is 2.21 bits per heavy atom. The molecule has 1 saturated carbocycles. The number of rotatable bonds is 6. The number of aliphatic carboxylic acids is 1. The Hall–Kier alpha value is -1.30. The van der Waals surface area contributed by atoms with Gasteiger partial charge in [0.15, 0.2) is 0 Å². The second-order valence-corrected chi connectivity index (χ2v) is 5.77. The number of carboxylic acids is 1. The zero-order chi connectivity index (χ0) is 14.0.